The van der Waals surface area contributed by atoms with E-state index in [1.807, 2.05) is 36.4 Å². The van der Waals surface area contributed by atoms with Gasteiger partial charge < -0.3 is 0 Å². The van der Waals surface area contributed by atoms with Gasteiger partial charge in [0.15, 0.2) is 11.3 Å². The maximum absolute atomic E-state index is 4.83. The zero-order chi connectivity index (χ0) is 23.9. The van der Waals surface area contributed by atoms with Crippen LogP contribution in [0.5, 0.6) is 0 Å². The fourth-order valence-electron chi connectivity index (χ4n) is 4.48. The molecule has 0 unspecified atom stereocenters. The van der Waals surface area contributed by atoms with Crippen LogP contribution in [0.15, 0.2) is 110 Å². The highest BCUT2D eigenvalue weighted by Crippen LogP contribution is 2.31. The summed E-state index contributed by atoms with van der Waals surface area (Å²) in [6.07, 6.45) is 6.63. The largest absolute Gasteiger partial charge is 0.289 e. The van der Waals surface area contributed by atoms with E-state index in [0.717, 1.165) is 45.2 Å². The lowest BCUT2D eigenvalue weighted by atomic mass is 10.1. The van der Waals surface area contributed by atoms with E-state index in [9.17, 15) is 0 Å². The maximum atomic E-state index is 4.83. The molecule has 0 radical (unpaired) electrons. The van der Waals surface area contributed by atoms with Crippen molar-refractivity contribution in [1.82, 2.24) is 39.0 Å². The van der Waals surface area contributed by atoms with Crippen molar-refractivity contribution in [2.24, 2.45) is 0 Å². The average molecular weight is 467 g/mol. The van der Waals surface area contributed by atoms with Crippen LogP contribution in [-0.2, 0) is 0 Å². The summed E-state index contributed by atoms with van der Waals surface area (Å²) < 4.78 is 4.16. The van der Waals surface area contributed by atoms with E-state index in [-0.39, 0.29) is 0 Å². The molecule has 0 saturated carbocycles. The fourth-order valence-corrected chi connectivity index (χ4v) is 4.48. The van der Waals surface area contributed by atoms with Crippen molar-refractivity contribution >= 4 is 22.3 Å². The second kappa shape index (κ2) is 8.21. The molecule has 8 nitrogen and oxygen atoms in total. The van der Waals surface area contributed by atoms with E-state index in [4.69, 9.17) is 9.97 Å². The SMILES string of the molecule is c1ccc(-n2c(-c3ccc(-c4nc5ncncc5n4-c4ccccc4)cc3)nc3ncncc32)cc1. The quantitative estimate of drug-likeness (QED) is 0.351. The average Bonchev–Trinajstić information content (AvgIpc) is 3.53. The van der Waals surface area contributed by atoms with Gasteiger partial charge in [-0.05, 0) is 24.3 Å². The van der Waals surface area contributed by atoms with Crippen LogP contribution < -0.4 is 0 Å². The molecule has 36 heavy (non-hydrogen) atoms. The smallest absolute Gasteiger partial charge is 0.181 e. The summed E-state index contributed by atoms with van der Waals surface area (Å²) in [5.41, 5.74) is 6.93. The Labute approximate surface area is 205 Å². The lowest BCUT2D eigenvalue weighted by molar-refractivity contribution is 1.09. The summed E-state index contributed by atoms with van der Waals surface area (Å²) in [6.45, 7) is 0. The zero-order valence-electron chi connectivity index (χ0n) is 19.0. The summed E-state index contributed by atoms with van der Waals surface area (Å²) in [5, 5.41) is 0. The number of nitrogens with zero attached hydrogens (tertiary/aromatic N) is 8. The number of para-hydroxylation sites is 2. The Balaban J connectivity index is 1.39. The molecule has 0 aliphatic heterocycles. The number of aromatic nitrogens is 8. The highest BCUT2D eigenvalue weighted by atomic mass is 15.1. The van der Waals surface area contributed by atoms with Crippen molar-refractivity contribution in [2.75, 3.05) is 0 Å². The molecule has 0 N–H and O–H groups in total. The molecule has 0 fully saturated rings. The number of benzene rings is 3. The van der Waals surface area contributed by atoms with E-state index in [1.165, 1.54) is 12.7 Å². The summed E-state index contributed by atoms with van der Waals surface area (Å²) in [5.74, 6) is 1.59. The van der Waals surface area contributed by atoms with E-state index < -0.39 is 0 Å². The minimum atomic E-state index is 0.650. The second-order valence-electron chi connectivity index (χ2n) is 8.25. The molecule has 7 aromatic rings. The molecule has 0 aliphatic carbocycles. The van der Waals surface area contributed by atoms with Crippen molar-refractivity contribution in [3.63, 3.8) is 0 Å². The molecule has 4 heterocycles. The Hall–Kier alpha value is -5.24. The lowest BCUT2D eigenvalue weighted by Crippen LogP contribution is -1.99. The monoisotopic (exact) mass is 466 g/mol. The van der Waals surface area contributed by atoms with Gasteiger partial charge in [-0.2, -0.15) is 0 Å². The number of imidazole rings is 2. The van der Waals surface area contributed by atoms with Gasteiger partial charge >= 0.3 is 0 Å². The lowest BCUT2D eigenvalue weighted by Gasteiger charge is -2.11. The van der Waals surface area contributed by atoms with E-state index in [1.54, 1.807) is 12.4 Å². The van der Waals surface area contributed by atoms with Crippen LogP contribution in [0.2, 0.25) is 0 Å². The Morgan fingerprint density at radius 2 is 0.889 bits per heavy atom. The Morgan fingerprint density at radius 3 is 1.31 bits per heavy atom. The molecular weight excluding hydrogens is 448 g/mol. The van der Waals surface area contributed by atoms with Crippen LogP contribution in [0, 0.1) is 0 Å². The first-order chi connectivity index (χ1) is 17.9. The van der Waals surface area contributed by atoms with Gasteiger partial charge in [0.25, 0.3) is 0 Å². The van der Waals surface area contributed by atoms with Crippen molar-refractivity contribution in [3.8, 4) is 34.2 Å². The zero-order valence-corrected chi connectivity index (χ0v) is 19.0. The molecule has 0 aliphatic rings. The highest BCUT2D eigenvalue weighted by molar-refractivity contribution is 5.82. The summed E-state index contributed by atoms with van der Waals surface area (Å²) >= 11 is 0. The molecule has 8 heteroatoms. The van der Waals surface area contributed by atoms with E-state index >= 15 is 0 Å². The van der Waals surface area contributed by atoms with Crippen molar-refractivity contribution in [3.05, 3.63) is 110 Å². The molecule has 7 rings (SSSR count). The first-order valence-electron chi connectivity index (χ1n) is 11.5. The van der Waals surface area contributed by atoms with Crippen LogP contribution in [-0.4, -0.2) is 39.0 Å². The van der Waals surface area contributed by atoms with Gasteiger partial charge in [-0.1, -0.05) is 60.7 Å². The topological polar surface area (TPSA) is 87.2 Å². The molecule has 0 bridgehead atoms. The molecule has 0 spiro atoms. The van der Waals surface area contributed by atoms with Crippen LogP contribution in [0.25, 0.3) is 56.5 Å². The van der Waals surface area contributed by atoms with E-state index in [0.29, 0.717) is 11.3 Å². The van der Waals surface area contributed by atoms with Crippen LogP contribution in [0.3, 0.4) is 0 Å². The third kappa shape index (κ3) is 3.24. The van der Waals surface area contributed by atoms with Gasteiger partial charge in [0.2, 0.25) is 0 Å². The summed E-state index contributed by atoms with van der Waals surface area (Å²) in [7, 11) is 0. The second-order valence-corrected chi connectivity index (χ2v) is 8.25. The minimum Gasteiger partial charge on any atom is -0.289 e. The van der Waals surface area contributed by atoms with Gasteiger partial charge in [-0.25, -0.2) is 29.9 Å². The normalized spacial score (nSPS) is 11.3. The maximum Gasteiger partial charge on any atom is 0.181 e. The van der Waals surface area contributed by atoms with Crippen molar-refractivity contribution in [2.45, 2.75) is 0 Å². The number of fused-ring (bicyclic) bond motifs is 2. The van der Waals surface area contributed by atoms with E-state index in [2.05, 4.69) is 77.6 Å². The third-order valence-corrected chi connectivity index (χ3v) is 6.10. The first-order valence-corrected chi connectivity index (χ1v) is 11.5. The van der Waals surface area contributed by atoms with Crippen LogP contribution in [0.4, 0.5) is 0 Å². The van der Waals surface area contributed by atoms with Gasteiger partial charge in [-0.15, -0.1) is 0 Å². The van der Waals surface area contributed by atoms with Gasteiger partial charge in [0.05, 0.1) is 12.4 Å². The Kier molecular flexibility index (Phi) is 4.60. The number of hydrogen-bond acceptors (Lipinski definition) is 6. The summed E-state index contributed by atoms with van der Waals surface area (Å²) in [6, 6.07) is 28.5. The third-order valence-electron chi connectivity index (χ3n) is 6.10. The molecule has 3 aromatic carbocycles. The van der Waals surface area contributed by atoms with Gasteiger partial charge in [0.1, 0.15) is 35.3 Å². The molecule has 0 saturated heterocycles. The Bertz CT molecular complexity index is 1680. The highest BCUT2D eigenvalue weighted by Gasteiger charge is 2.18. The van der Waals surface area contributed by atoms with Crippen LogP contribution in [0.1, 0.15) is 0 Å². The predicted octanol–water partition coefficient (Wildman–Crippen LogP) is 5.28. The van der Waals surface area contributed by atoms with Crippen molar-refractivity contribution < 1.29 is 0 Å². The predicted molar refractivity (Wildman–Crippen MR) is 138 cm³/mol. The standard InChI is InChI=1S/C28H18N8/c1-3-7-21(8-4-1)35-23-15-29-17-31-25(23)33-27(35)19-11-13-20(14-12-19)28-34-26-24(16-30-18-32-26)36(28)22-9-5-2-6-10-22/h1-18H. The molecular formula is C28H18N8. The fraction of sp³-hybridized carbons (Fsp3) is 0. The number of hydrogen-bond donors (Lipinski definition) is 0. The number of rotatable bonds is 4. The molecule has 0 amide bonds. The van der Waals surface area contributed by atoms with Crippen molar-refractivity contribution in [1.29, 1.82) is 0 Å². The van der Waals surface area contributed by atoms with Gasteiger partial charge in [-0.3, -0.25) is 9.13 Å². The molecule has 170 valence electrons. The first kappa shape index (κ1) is 20.2. The molecule has 0 atom stereocenters. The molecule has 4 aromatic heterocycles. The van der Waals surface area contributed by atoms with Gasteiger partial charge in [0, 0.05) is 22.5 Å². The van der Waals surface area contributed by atoms with Crippen LogP contribution >= 0.6 is 0 Å². The minimum absolute atomic E-state index is 0.650. The Morgan fingerprint density at radius 1 is 0.472 bits per heavy atom. The summed E-state index contributed by atoms with van der Waals surface area (Å²) in [4.78, 5) is 26.9.